The number of piperazine rings is 1. The number of hydrogen-bond acceptors (Lipinski definition) is 3. The van der Waals surface area contributed by atoms with Crippen molar-refractivity contribution < 1.29 is 14.3 Å². The molecule has 5 heteroatoms. The second kappa shape index (κ2) is 7.25. The highest BCUT2D eigenvalue weighted by Gasteiger charge is 2.46. The van der Waals surface area contributed by atoms with Crippen LogP contribution in [0.4, 0.5) is 0 Å². The Bertz CT molecular complexity index is 380. The fourth-order valence-corrected chi connectivity index (χ4v) is 3.01. The van der Waals surface area contributed by atoms with E-state index in [1.165, 1.54) is 0 Å². The van der Waals surface area contributed by atoms with Crippen molar-refractivity contribution >= 4 is 11.8 Å². The highest BCUT2D eigenvalue weighted by Crippen LogP contribution is 2.35. The fourth-order valence-electron chi connectivity index (χ4n) is 3.01. The number of amides is 2. The van der Waals surface area contributed by atoms with Crippen molar-refractivity contribution in [1.82, 2.24) is 10.2 Å². The van der Waals surface area contributed by atoms with E-state index in [-0.39, 0.29) is 23.9 Å². The minimum absolute atomic E-state index is 0.0342. The van der Waals surface area contributed by atoms with Gasteiger partial charge in [-0.25, -0.2) is 0 Å². The summed E-state index contributed by atoms with van der Waals surface area (Å²) < 4.78 is 5.06. The SMILES string of the molecule is COCCCCN1C(=O)C(C2CC2)NC(=O)C1CC(C)C. The van der Waals surface area contributed by atoms with Gasteiger partial charge in [-0.1, -0.05) is 13.8 Å². The van der Waals surface area contributed by atoms with Crippen LogP contribution < -0.4 is 5.32 Å². The van der Waals surface area contributed by atoms with Gasteiger partial charge in [-0.2, -0.15) is 0 Å². The summed E-state index contributed by atoms with van der Waals surface area (Å²) in [5, 5.41) is 2.96. The molecular weight excluding hydrogens is 268 g/mol. The molecule has 0 bridgehead atoms. The molecule has 5 nitrogen and oxygen atoms in total. The number of hydrogen-bond donors (Lipinski definition) is 1. The zero-order valence-electron chi connectivity index (χ0n) is 13.4. The van der Waals surface area contributed by atoms with E-state index in [1.54, 1.807) is 7.11 Å². The lowest BCUT2D eigenvalue weighted by molar-refractivity contribution is -0.150. The third-order valence-corrected chi connectivity index (χ3v) is 4.31. The first kappa shape index (κ1) is 16.3. The van der Waals surface area contributed by atoms with Crippen LogP contribution in [0.15, 0.2) is 0 Å². The molecule has 2 unspecified atom stereocenters. The fraction of sp³-hybridized carbons (Fsp3) is 0.875. The van der Waals surface area contributed by atoms with Crippen LogP contribution in [0.25, 0.3) is 0 Å². The van der Waals surface area contributed by atoms with E-state index in [9.17, 15) is 9.59 Å². The first-order chi connectivity index (χ1) is 10.0. The zero-order valence-corrected chi connectivity index (χ0v) is 13.4. The second-order valence-corrected chi connectivity index (χ2v) is 6.70. The standard InChI is InChI=1S/C16H28N2O3/c1-11(2)10-13-15(19)17-14(12-6-7-12)16(20)18(13)8-4-5-9-21-3/h11-14H,4-10H2,1-3H3,(H,17,19). The molecule has 2 amide bonds. The molecule has 0 aromatic heterocycles. The number of rotatable bonds is 8. The Balaban J connectivity index is 2.02. The normalized spacial score (nSPS) is 26.4. The highest BCUT2D eigenvalue weighted by molar-refractivity contribution is 5.97. The lowest BCUT2D eigenvalue weighted by Gasteiger charge is -2.40. The van der Waals surface area contributed by atoms with E-state index in [4.69, 9.17) is 4.74 Å². The lowest BCUT2D eigenvalue weighted by atomic mass is 9.96. The van der Waals surface area contributed by atoms with E-state index in [2.05, 4.69) is 19.2 Å². The minimum atomic E-state index is -0.296. The van der Waals surface area contributed by atoms with Gasteiger partial charge < -0.3 is 15.0 Å². The summed E-state index contributed by atoms with van der Waals surface area (Å²) in [6.07, 6.45) is 4.66. The van der Waals surface area contributed by atoms with Crippen molar-refractivity contribution in [2.24, 2.45) is 11.8 Å². The van der Waals surface area contributed by atoms with Crippen LogP contribution in [0.2, 0.25) is 0 Å². The van der Waals surface area contributed by atoms with Gasteiger partial charge >= 0.3 is 0 Å². The summed E-state index contributed by atoms with van der Waals surface area (Å²) >= 11 is 0. The second-order valence-electron chi connectivity index (χ2n) is 6.70. The number of unbranched alkanes of at least 4 members (excludes halogenated alkanes) is 1. The molecule has 2 fully saturated rings. The summed E-state index contributed by atoms with van der Waals surface area (Å²) in [7, 11) is 1.68. The van der Waals surface area contributed by atoms with Crippen molar-refractivity contribution in [3.05, 3.63) is 0 Å². The van der Waals surface area contributed by atoms with Gasteiger partial charge in [0.25, 0.3) is 0 Å². The summed E-state index contributed by atoms with van der Waals surface area (Å²) in [6, 6.07) is -0.571. The predicted molar refractivity (Wildman–Crippen MR) is 80.7 cm³/mol. The Morgan fingerprint density at radius 1 is 1.29 bits per heavy atom. The topological polar surface area (TPSA) is 58.6 Å². The Morgan fingerprint density at radius 2 is 2.00 bits per heavy atom. The van der Waals surface area contributed by atoms with Crippen LogP contribution in [0.5, 0.6) is 0 Å². The average Bonchev–Trinajstić information content (AvgIpc) is 3.25. The average molecular weight is 296 g/mol. The molecule has 0 aromatic rings. The molecule has 2 rings (SSSR count). The zero-order chi connectivity index (χ0) is 15.4. The summed E-state index contributed by atoms with van der Waals surface area (Å²) in [6.45, 7) is 5.55. The molecule has 120 valence electrons. The Labute approximate surface area is 127 Å². The molecule has 0 spiro atoms. The van der Waals surface area contributed by atoms with Crippen LogP contribution in [-0.4, -0.2) is 49.1 Å². The summed E-state index contributed by atoms with van der Waals surface area (Å²) in [4.78, 5) is 26.9. The van der Waals surface area contributed by atoms with E-state index in [0.29, 0.717) is 25.0 Å². The maximum atomic E-state index is 12.7. The first-order valence-electron chi connectivity index (χ1n) is 8.14. The van der Waals surface area contributed by atoms with E-state index in [1.807, 2.05) is 4.90 Å². The number of methoxy groups -OCH3 is 1. The van der Waals surface area contributed by atoms with Crippen molar-refractivity contribution in [1.29, 1.82) is 0 Å². The third-order valence-electron chi connectivity index (χ3n) is 4.31. The monoisotopic (exact) mass is 296 g/mol. The number of carbonyl (C=O) groups is 2. The highest BCUT2D eigenvalue weighted by atomic mass is 16.5. The van der Waals surface area contributed by atoms with Gasteiger partial charge in [0.05, 0.1) is 0 Å². The van der Waals surface area contributed by atoms with Crippen LogP contribution >= 0.6 is 0 Å². The van der Waals surface area contributed by atoms with E-state index >= 15 is 0 Å². The molecule has 1 heterocycles. The molecule has 0 aromatic carbocycles. The Morgan fingerprint density at radius 3 is 2.57 bits per heavy atom. The first-order valence-corrected chi connectivity index (χ1v) is 8.14. The van der Waals surface area contributed by atoms with E-state index < -0.39 is 0 Å². The molecule has 2 atom stereocenters. The maximum Gasteiger partial charge on any atom is 0.246 e. The molecule has 1 saturated carbocycles. The largest absolute Gasteiger partial charge is 0.385 e. The third kappa shape index (κ3) is 4.19. The Kier molecular flexibility index (Phi) is 5.62. The molecule has 1 aliphatic heterocycles. The molecule has 0 radical (unpaired) electrons. The van der Waals surface area contributed by atoms with Gasteiger partial charge in [-0.15, -0.1) is 0 Å². The van der Waals surface area contributed by atoms with Crippen molar-refractivity contribution in [3.63, 3.8) is 0 Å². The molecule has 1 aliphatic carbocycles. The van der Waals surface area contributed by atoms with Gasteiger partial charge in [0.1, 0.15) is 12.1 Å². The smallest absolute Gasteiger partial charge is 0.246 e. The van der Waals surface area contributed by atoms with Gasteiger partial charge in [-0.3, -0.25) is 9.59 Å². The van der Waals surface area contributed by atoms with Gasteiger partial charge in [0.2, 0.25) is 11.8 Å². The Hall–Kier alpha value is -1.10. The number of ether oxygens (including phenoxy) is 1. The molecule has 1 N–H and O–H groups in total. The van der Waals surface area contributed by atoms with E-state index in [0.717, 1.165) is 32.1 Å². The summed E-state index contributed by atoms with van der Waals surface area (Å²) in [5.41, 5.74) is 0. The molecular formula is C16H28N2O3. The van der Waals surface area contributed by atoms with Gasteiger partial charge in [0, 0.05) is 20.3 Å². The number of carbonyl (C=O) groups excluding carboxylic acids is 2. The van der Waals surface area contributed by atoms with Crippen LogP contribution in [-0.2, 0) is 14.3 Å². The van der Waals surface area contributed by atoms with Gasteiger partial charge in [0.15, 0.2) is 0 Å². The summed E-state index contributed by atoms with van der Waals surface area (Å²) in [5.74, 6) is 0.919. The minimum Gasteiger partial charge on any atom is -0.385 e. The predicted octanol–water partition coefficient (Wildman–Crippen LogP) is 1.56. The number of nitrogens with one attached hydrogen (secondary N) is 1. The van der Waals surface area contributed by atoms with Gasteiger partial charge in [-0.05, 0) is 43.9 Å². The quantitative estimate of drug-likeness (QED) is 0.692. The molecule has 1 saturated heterocycles. The van der Waals surface area contributed by atoms with Crippen LogP contribution in [0.3, 0.4) is 0 Å². The number of nitrogens with zero attached hydrogens (tertiary/aromatic N) is 1. The van der Waals surface area contributed by atoms with Crippen molar-refractivity contribution in [2.75, 3.05) is 20.3 Å². The lowest BCUT2D eigenvalue weighted by Crippen LogP contribution is -2.64. The van der Waals surface area contributed by atoms with Crippen LogP contribution in [0, 0.1) is 11.8 Å². The maximum absolute atomic E-state index is 12.7. The van der Waals surface area contributed by atoms with Crippen molar-refractivity contribution in [2.45, 2.75) is 58.0 Å². The van der Waals surface area contributed by atoms with Crippen LogP contribution in [0.1, 0.15) is 46.0 Å². The van der Waals surface area contributed by atoms with Crippen molar-refractivity contribution in [3.8, 4) is 0 Å². The molecule has 21 heavy (non-hydrogen) atoms. The molecule has 2 aliphatic rings.